The summed E-state index contributed by atoms with van der Waals surface area (Å²) in [5, 5.41) is 14.0. The fourth-order valence-electron chi connectivity index (χ4n) is 2.66. The van der Waals surface area contributed by atoms with Crippen molar-refractivity contribution in [2.75, 3.05) is 0 Å². The average Bonchev–Trinajstić information content (AvgIpc) is 3.00. The van der Waals surface area contributed by atoms with E-state index in [1.165, 1.54) is 16.8 Å². The van der Waals surface area contributed by atoms with Crippen LogP contribution in [0.5, 0.6) is 0 Å². The first-order valence-corrected chi connectivity index (χ1v) is 6.57. The Hall–Kier alpha value is -2.16. The van der Waals surface area contributed by atoms with Gasteiger partial charge in [-0.25, -0.2) is 4.98 Å². The van der Waals surface area contributed by atoms with Gasteiger partial charge in [0, 0.05) is 0 Å². The van der Waals surface area contributed by atoms with Gasteiger partial charge < -0.3 is 9.67 Å². The van der Waals surface area contributed by atoms with Crippen LogP contribution in [0.4, 0.5) is 13.2 Å². The molecule has 0 saturated carbocycles. The van der Waals surface area contributed by atoms with Crippen molar-refractivity contribution in [1.29, 1.82) is 0 Å². The van der Waals surface area contributed by atoms with Crippen molar-refractivity contribution in [2.45, 2.75) is 38.2 Å². The Balaban J connectivity index is 2.20. The molecule has 0 aromatic carbocycles. The fourth-order valence-corrected chi connectivity index (χ4v) is 2.66. The SMILES string of the molecule is C[C@H]1Cn2nc(C=O)cc2-c2cnc([C@@](C)(O)C(F)(F)F)n21. The number of alkyl halides is 3. The highest BCUT2D eigenvalue weighted by atomic mass is 19.4. The van der Waals surface area contributed by atoms with Crippen LogP contribution in [-0.2, 0) is 12.1 Å². The minimum atomic E-state index is -4.85. The first kappa shape index (κ1) is 14.8. The number of hydrogen-bond acceptors (Lipinski definition) is 4. The maximum Gasteiger partial charge on any atom is 0.424 e. The topological polar surface area (TPSA) is 72.9 Å². The van der Waals surface area contributed by atoms with Gasteiger partial charge in [-0.05, 0) is 19.9 Å². The van der Waals surface area contributed by atoms with Gasteiger partial charge in [0.15, 0.2) is 12.1 Å². The molecule has 2 aromatic heterocycles. The molecule has 6 nitrogen and oxygen atoms in total. The molecule has 0 unspecified atom stereocenters. The van der Waals surface area contributed by atoms with Crippen molar-refractivity contribution in [2.24, 2.45) is 0 Å². The molecule has 0 radical (unpaired) electrons. The molecule has 118 valence electrons. The zero-order valence-corrected chi connectivity index (χ0v) is 11.8. The number of aliphatic hydroxyl groups is 1. The van der Waals surface area contributed by atoms with Crippen LogP contribution in [-0.4, -0.2) is 36.9 Å². The van der Waals surface area contributed by atoms with E-state index in [0.717, 1.165) is 0 Å². The quantitative estimate of drug-likeness (QED) is 0.859. The van der Waals surface area contributed by atoms with E-state index in [4.69, 9.17) is 0 Å². The molecule has 1 aliphatic heterocycles. The van der Waals surface area contributed by atoms with Gasteiger partial charge in [0.2, 0.25) is 5.60 Å². The second kappa shape index (κ2) is 4.42. The summed E-state index contributed by atoms with van der Waals surface area (Å²) in [5.41, 5.74) is -1.98. The third kappa shape index (κ3) is 1.88. The van der Waals surface area contributed by atoms with E-state index >= 15 is 0 Å². The van der Waals surface area contributed by atoms with Gasteiger partial charge in [-0.1, -0.05) is 0 Å². The van der Waals surface area contributed by atoms with Crippen LogP contribution in [0.25, 0.3) is 11.4 Å². The van der Waals surface area contributed by atoms with Gasteiger partial charge in [-0.15, -0.1) is 0 Å². The minimum Gasteiger partial charge on any atom is -0.374 e. The largest absolute Gasteiger partial charge is 0.424 e. The molecule has 3 rings (SSSR count). The van der Waals surface area contributed by atoms with Crippen molar-refractivity contribution in [1.82, 2.24) is 19.3 Å². The Morgan fingerprint density at radius 3 is 2.68 bits per heavy atom. The molecule has 0 amide bonds. The highest BCUT2D eigenvalue weighted by Crippen LogP contribution is 2.41. The van der Waals surface area contributed by atoms with Crippen LogP contribution in [0, 0.1) is 0 Å². The number of hydrogen-bond donors (Lipinski definition) is 1. The summed E-state index contributed by atoms with van der Waals surface area (Å²) in [6.07, 6.45) is -3.02. The highest BCUT2D eigenvalue weighted by molar-refractivity contribution is 5.75. The van der Waals surface area contributed by atoms with Crippen LogP contribution in [0.3, 0.4) is 0 Å². The average molecular weight is 314 g/mol. The Kier molecular flexibility index (Phi) is 2.96. The number of fused-ring (bicyclic) bond motifs is 3. The first-order valence-electron chi connectivity index (χ1n) is 6.57. The molecule has 0 bridgehead atoms. The van der Waals surface area contributed by atoms with E-state index in [1.54, 1.807) is 11.6 Å². The molecule has 0 spiro atoms. The molecule has 1 N–H and O–H groups in total. The third-order valence-corrected chi connectivity index (χ3v) is 3.84. The molecule has 0 saturated heterocycles. The molecule has 0 aliphatic carbocycles. The van der Waals surface area contributed by atoms with E-state index in [-0.39, 0.29) is 12.2 Å². The number of aromatic nitrogens is 4. The van der Waals surface area contributed by atoms with Crippen LogP contribution < -0.4 is 0 Å². The van der Waals surface area contributed by atoms with Crippen LogP contribution in [0.2, 0.25) is 0 Å². The third-order valence-electron chi connectivity index (χ3n) is 3.84. The van der Waals surface area contributed by atoms with Crippen molar-refractivity contribution in [3.8, 4) is 11.4 Å². The number of rotatable bonds is 2. The minimum absolute atomic E-state index is 0.195. The number of aldehydes is 1. The summed E-state index contributed by atoms with van der Waals surface area (Å²) < 4.78 is 42.1. The molecule has 1 aliphatic rings. The van der Waals surface area contributed by atoms with E-state index in [0.29, 0.717) is 24.6 Å². The van der Waals surface area contributed by atoms with Crippen molar-refractivity contribution in [3.63, 3.8) is 0 Å². The van der Waals surface area contributed by atoms with Crippen LogP contribution in [0.1, 0.15) is 36.2 Å². The van der Waals surface area contributed by atoms with Gasteiger partial charge >= 0.3 is 6.18 Å². The lowest BCUT2D eigenvalue weighted by atomic mass is 10.0. The first-order chi connectivity index (χ1) is 10.2. The van der Waals surface area contributed by atoms with Crippen LogP contribution >= 0.6 is 0 Å². The number of carbonyl (C=O) groups is 1. The van der Waals surface area contributed by atoms with Gasteiger partial charge in [0.1, 0.15) is 5.69 Å². The standard InChI is InChI=1S/C13H13F3N4O2/c1-7-5-19-9(3-8(6-21)18-19)10-4-17-11(20(7)10)12(2,22)13(14,15)16/h3-4,6-7,22H,5H2,1-2H3/t7-,12+/m0/s1. The number of imidazole rings is 1. The summed E-state index contributed by atoms with van der Waals surface area (Å²) in [7, 11) is 0. The number of carbonyl (C=O) groups excluding carboxylic acids is 1. The van der Waals surface area contributed by atoms with Crippen molar-refractivity contribution < 1.29 is 23.1 Å². The normalized spacial score (nSPS) is 20.2. The van der Waals surface area contributed by atoms with Gasteiger partial charge in [0.05, 0.1) is 30.2 Å². The van der Waals surface area contributed by atoms with E-state index in [1.807, 2.05) is 0 Å². The monoisotopic (exact) mass is 314 g/mol. The van der Waals surface area contributed by atoms with Gasteiger partial charge in [-0.3, -0.25) is 9.48 Å². The van der Waals surface area contributed by atoms with Crippen LogP contribution in [0.15, 0.2) is 12.3 Å². The second-order valence-electron chi connectivity index (χ2n) is 5.51. The van der Waals surface area contributed by atoms with E-state index in [2.05, 4.69) is 10.1 Å². The van der Waals surface area contributed by atoms with E-state index in [9.17, 15) is 23.1 Å². The Labute approximate surface area is 123 Å². The zero-order chi connectivity index (χ0) is 16.3. The molecular weight excluding hydrogens is 301 g/mol. The Bertz CT molecular complexity index is 745. The summed E-state index contributed by atoms with van der Waals surface area (Å²) in [5.74, 6) is -0.470. The van der Waals surface area contributed by atoms with E-state index < -0.39 is 23.6 Å². The Morgan fingerprint density at radius 1 is 1.41 bits per heavy atom. The molecule has 2 atom stereocenters. The lowest BCUT2D eigenvalue weighted by molar-refractivity contribution is -0.262. The molecule has 9 heteroatoms. The predicted molar refractivity (Wildman–Crippen MR) is 69.2 cm³/mol. The van der Waals surface area contributed by atoms with Gasteiger partial charge in [0.25, 0.3) is 0 Å². The number of nitrogens with zero attached hydrogens (tertiary/aromatic N) is 4. The molecule has 2 aromatic rings. The maximum atomic E-state index is 13.1. The lowest BCUT2D eigenvalue weighted by Crippen LogP contribution is -2.42. The predicted octanol–water partition coefficient (Wildman–Crippen LogP) is 1.90. The van der Waals surface area contributed by atoms with Crippen molar-refractivity contribution >= 4 is 6.29 Å². The smallest absolute Gasteiger partial charge is 0.374 e. The molecule has 3 heterocycles. The molecular formula is C13H13F3N4O2. The fraction of sp³-hybridized carbons (Fsp3) is 0.462. The van der Waals surface area contributed by atoms with Crippen molar-refractivity contribution in [3.05, 3.63) is 23.8 Å². The summed E-state index contributed by atoms with van der Waals surface area (Å²) in [4.78, 5) is 14.6. The zero-order valence-electron chi connectivity index (χ0n) is 11.8. The molecule has 0 fully saturated rings. The summed E-state index contributed by atoms with van der Waals surface area (Å²) >= 11 is 0. The summed E-state index contributed by atoms with van der Waals surface area (Å²) in [6.45, 7) is 2.66. The maximum absolute atomic E-state index is 13.1. The second-order valence-corrected chi connectivity index (χ2v) is 5.51. The highest BCUT2D eigenvalue weighted by Gasteiger charge is 2.55. The van der Waals surface area contributed by atoms with Gasteiger partial charge in [-0.2, -0.15) is 18.3 Å². The lowest BCUT2D eigenvalue weighted by Gasteiger charge is -2.31. The number of halogens is 3. The Morgan fingerprint density at radius 2 is 2.09 bits per heavy atom. The summed E-state index contributed by atoms with van der Waals surface area (Å²) in [6, 6.07) is 1.09. The molecule has 22 heavy (non-hydrogen) atoms.